The van der Waals surface area contributed by atoms with Crippen LogP contribution in [0.3, 0.4) is 0 Å². The number of carbonyl (C=O) groups is 6. The minimum absolute atomic E-state index is 0.0114. The van der Waals surface area contributed by atoms with Crippen molar-refractivity contribution < 1.29 is 53.6 Å². The second kappa shape index (κ2) is 23.2. The monoisotopic (exact) mass is 686 g/mol. The van der Waals surface area contributed by atoms with Crippen LogP contribution in [0.25, 0.3) is 0 Å². The molecule has 2 saturated heterocycles. The van der Waals surface area contributed by atoms with Crippen molar-refractivity contribution in [3.05, 3.63) is 0 Å². The van der Waals surface area contributed by atoms with Gasteiger partial charge in [0.15, 0.2) is 0 Å². The highest BCUT2D eigenvalue weighted by Gasteiger charge is 2.30. The Morgan fingerprint density at radius 2 is 1.15 bits per heavy atom. The van der Waals surface area contributed by atoms with Gasteiger partial charge < -0.3 is 39.4 Å². The van der Waals surface area contributed by atoms with E-state index in [4.69, 9.17) is 14.6 Å². The number of carboxylic acids is 3. The number of rotatable bonds is 19. The number of likely N-dealkylation sites (tertiary alicyclic amines) is 1. The Balaban J connectivity index is 1.94. The largest absolute Gasteiger partial charge is 0.481 e. The van der Waals surface area contributed by atoms with E-state index in [1.54, 1.807) is 14.7 Å². The van der Waals surface area contributed by atoms with Gasteiger partial charge in [0.1, 0.15) is 6.29 Å². The van der Waals surface area contributed by atoms with Gasteiger partial charge in [0.25, 0.3) is 0 Å². The molecule has 2 aliphatic rings. The van der Waals surface area contributed by atoms with E-state index >= 15 is 0 Å². The van der Waals surface area contributed by atoms with E-state index in [9.17, 15) is 39.0 Å². The van der Waals surface area contributed by atoms with Gasteiger partial charge in [-0.15, -0.1) is 0 Å². The third-order valence-corrected chi connectivity index (χ3v) is 8.53. The van der Waals surface area contributed by atoms with Gasteiger partial charge in [0.2, 0.25) is 11.8 Å². The van der Waals surface area contributed by atoms with Gasteiger partial charge in [-0.25, -0.2) is 0 Å². The molecule has 2 aliphatic heterocycles. The minimum atomic E-state index is -0.987. The van der Waals surface area contributed by atoms with E-state index in [1.165, 1.54) is 0 Å². The van der Waals surface area contributed by atoms with Crippen LogP contribution in [-0.2, 0) is 38.2 Å². The Morgan fingerprint density at radius 3 is 1.60 bits per heavy atom. The topological polar surface area (TPSA) is 201 Å². The van der Waals surface area contributed by atoms with E-state index in [1.807, 2.05) is 21.6 Å². The number of aliphatic carboxylic acids is 3. The second-order valence-electron chi connectivity index (χ2n) is 12.0. The maximum atomic E-state index is 13.5. The lowest BCUT2D eigenvalue weighted by molar-refractivity contribution is -0.140. The first-order valence-corrected chi connectivity index (χ1v) is 16.7. The summed E-state index contributed by atoms with van der Waals surface area (Å²) in [5.41, 5.74) is 0. The summed E-state index contributed by atoms with van der Waals surface area (Å²) in [5.74, 6) is -2.93. The van der Waals surface area contributed by atoms with Gasteiger partial charge in [-0.05, 0) is 12.8 Å². The molecule has 0 bridgehead atoms. The summed E-state index contributed by atoms with van der Waals surface area (Å²) in [6.45, 7) is 7.44. The molecule has 48 heavy (non-hydrogen) atoms. The average molecular weight is 687 g/mol. The molecule has 0 unspecified atom stereocenters. The Bertz CT molecular complexity index is 1030. The molecule has 0 radical (unpaired) electrons. The molecule has 0 aromatic rings. The molecule has 17 heteroatoms. The third kappa shape index (κ3) is 16.7. The van der Waals surface area contributed by atoms with Gasteiger partial charge in [-0.2, -0.15) is 0 Å². The van der Waals surface area contributed by atoms with Crippen LogP contribution in [-0.4, -0.2) is 211 Å². The molecule has 2 fully saturated rings. The fourth-order valence-electron chi connectivity index (χ4n) is 5.80. The SMILES string of the molecule is CCC(=O)N(CCOCCOCCC(=O)O)C1CCN(C(=O)CN2CCN(CC=O)CCN(CC(=O)O)CCN(CC(=O)O)CC2)CC1. The van der Waals surface area contributed by atoms with Gasteiger partial charge in [-0.3, -0.25) is 43.6 Å². The maximum Gasteiger partial charge on any atom is 0.317 e. The van der Waals surface area contributed by atoms with Crippen LogP contribution in [0.1, 0.15) is 32.6 Å². The summed E-state index contributed by atoms with van der Waals surface area (Å²) in [6.07, 6.45) is 2.34. The Hall–Kier alpha value is -3.22. The zero-order valence-corrected chi connectivity index (χ0v) is 28.2. The number of carbonyl (C=O) groups excluding carboxylic acids is 3. The average Bonchev–Trinajstić information content (AvgIpc) is 3.04. The number of ether oxygens (including phenoxy) is 2. The van der Waals surface area contributed by atoms with E-state index < -0.39 is 17.9 Å². The summed E-state index contributed by atoms with van der Waals surface area (Å²) in [7, 11) is 0. The third-order valence-electron chi connectivity index (χ3n) is 8.53. The number of amides is 2. The van der Waals surface area contributed by atoms with Gasteiger partial charge >= 0.3 is 17.9 Å². The van der Waals surface area contributed by atoms with E-state index in [0.717, 1.165) is 6.29 Å². The number of carboxylic acid groups (broad SMARTS) is 3. The molecule has 0 spiro atoms. The highest BCUT2D eigenvalue weighted by Crippen LogP contribution is 2.18. The summed E-state index contributed by atoms with van der Waals surface area (Å²) in [5, 5.41) is 27.4. The molecule has 2 amide bonds. The van der Waals surface area contributed by atoms with Crippen LogP contribution >= 0.6 is 0 Å². The number of nitrogens with zero attached hydrogens (tertiary/aromatic N) is 6. The lowest BCUT2D eigenvalue weighted by atomic mass is 10.0. The summed E-state index contributed by atoms with van der Waals surface area (Å²) in [4.78, 5) is 82.1. The zero-order valence-electron chi connectivity index (χ0n) is 28.2. The van der Waals surface area contributed by atoms with Crippen LogP contribution in [0, 0.1) is 0 Å². The lowest BCUT2D eigenvalue weighted by Crippen LogP contribution is -2.52. The summed E-state index contributed by atoms with van der Waals surface area (Å²) in [6, 6.07) is -0.0271. The fraction of sp³-hybridized carbons (Fsp3) is 0.806. The highest BCUT2D eigenvalue weighted by molar-refractivity contribution is 5.79. The van der Waals surface area contributed by atoms with Crippen LogP contribution in [0.5, 0.6) is 0 Å². The van der Waals surface area contributed by atoms with Crippen molar-refractivity contribution in [3.63, 3.8) is 0 Å². The normalized spacial score (nSPS) is 18.5. The number of aldehydes is 1. The molecule has 2 heterocycles. The van der Waals surface area contributed by atoms with Crippen molar-refractivity contribution >= 4 is 36.0 Å². The van der Waals surface area contributed by atoms with Crippen molar-refractivity contribution in [2.75, 3.05) is 125 Å². The molecule has 274 valence electrons. The number of hydrogen-bond acceptors (Lipinski definition) is 12. The Labute approximate surface area is 282 Å². The lowest BCUT2D eigenvalue weighted by Gasteiger charge is -2.39. The van der Waals surface area contributed by atoms with Gasteiger partial charge in [0.05, 0.1) is 59.0 Å². The predicted octanol–water partition coefficient (Wildman–Crippen LogP) is -1.69. The van der Waals surface area contributed by atoms with Crippen LogP contribution < -0.4 is 0 Å². The zero-order chi connectivity index (χ0) is 35.3. The molecule has 0 aromatic heterocycles. The minimum Gasteiger partial charge on any atom is -0.481 e. The molecular formula is C31H54N6O11. The van der Waals surface area contributed by atoms with Crippen molar-refractivity contribution in [2.24, 2.45) is 0 Å². The Morgan fingerprint density at radius 1 is 0.667 bits per heavy atom. The van der Waals surface area contributed by atoms with Crippen molar-refractivity contribution in [3.8, 4) is 0 Å². The van der Waals surface area contributed by atoms with Crippen molar-refractivity contribution in [2.45, 2.75) is 38.6 Å². The summed E-state index contributed by atoms with van der Waals surface area (Å²) < 4.78 is 10.8. The first-order chi connectivity index (χ1) is 23.0. The van der Waals surface area contributed by atoms with Crippen LogP contribution in [0.2, 0.25) is 0 Å². The molecule has 3 N–H and O–H groups in total. The predicted molar refractivity (Wildman–Crippen MR) is 173 cm³/mol. The van der Waals surface area contributed by atoms with Crippen LogP contribution in [0.15, 0.2) is 0 Å². The van der Waals surface area contributed by atoms with E-state index in [2.05, 4.69) is 0 Å². The maximum absolute atomic E-state index is 13.5. The molecule has 0 saturated carbocycles. The fourth-order valence-corrected chi connectivity index (χ4v) is 5.80. The van der Waals surface area contributed by atoms with E-state index in [0.29, 0.717) is 104 Å². The second-order valence-corrected chi connectivity index (χ2v) is 12.0. The van der Waals surface area contributed by atoms with E-state index in [-0.39, 0.29) is 63.7 Å². The molecule has 0 atom stereocenters. The quantitative estimate of drug-likeness (QED) is 0.103. The Kier molecular flexibility index (Phi) is 19.8. The van der Waals surface area contributed by atoms with Crippen molar-refractivity contribution in [1.82, 2.24) is 29.4 Å². The molecular weight excluding hydrogens is 632 g/mol. The van der Waals surface area contributed by atoms with Gasteiger partial charge in [0, 0.05) is 84.5 Å². The van der Waals surface area contributed by atoms with Gasteiger partial charge in [-0.1, -0.05) is 6.92 Å². The molecule has 2 rings (SSSR count). The standard InChI is InChI=1S/C31H54N6O11/c1-2-27(39)37(17-20-48-22-21-47-19-5-29(41)42)26-3-6-36(7-4-26)28(40)23-33-10-8-32(16-18-38)9-11-34(24-30(43)44)14-15-35(13-12-33)25-31(45)46/h18,26H,2-17,19-25H2,1H3,(H,41,42)(H,43,44)(H,45,46). The van der Waals surface area contributed by atoms with Crippen molar-refractivity contribution in [1.29, 1.82) is 0 Å². The molecule has 0 aliphatic carbocycles. The summed E-state index contributed by atoms with van der Waals surface area (Å²) >= 11 is 0. The smallest absolute Gasteiger partial charge is 0.317 e. The van der Waals surface area contributed by atoms with Crippen LogP contribution in [0.4, 0.5) is 0 Å². The molecule has 0 aromatic carbocycles. The molecule has 17 nitrogen and oxygen atoms in total. The number of hydrogen-bond donors (Lipinski definition) is 3. The highest BCUT2D eigenvalue weighted by atomic mass is 16.5. The first-order valence-electron chi connectivity index (χ1n) is 16.7. The first kappa shape index (κ1) is 41.0. The number of piperidine rings is 1.